The van der Waals surface area contributed by atoms with Crippen LogP contribution in [0.25, 0.3) is 5.82 Å². The molecule has 1 aliphatic rings. The fraction of sp³-hybridized carbons (Fsp3) is 0.379. The molecule has 1 saturated carbocycles. The van der Waals surface area contributed by atoms with Crippen LogP contribution >= 0.6 is 0 Å². The molecule has 0 aromatic carbocycles. The first-order chi connectivity index (χ1) is 19.7. The number of aryl methyl sites for hydroxylation is 2. The highest BCUT2D eigenvalue weighted by Crippen LogP contribution is 2.41. The average Bonchev–Trinajstić information content (AvgIpc) is 3.61. The maximum absolute atomic E-state index is 13.5. The number of nitrogens with zero attached hydrogens (tertiary/aromatic N) is 6. The van der Waals surface area contributed by atoms with Crippen molar-refractivity contribution in [3.8, 4) is 11.9 Å². The van der Waals surface area contributed by atoms with Gasteiger partial charge in [0.25, 0.3) is 5.91 Å². The summed E-state index contributed by atoms with van der Waals surface area (Å²) >= 11 is 0. The SMILES string of the molecule is CO[C@]1(C(=O)N[C@@H](C)c2ccc(-n3cc(F)cn3)nc2)CC[C@H](c2nc(Nc3cc(C)[nH]n3)c(C)cc2C#N)CC1. The van der Waals surface area contributed by atoms with E-state index in [9.17, 15) is 14.4 Å². The fourth-order valence-electron chi connectivity index (χ4n) is 5.27. The molecular weight excluding hydrogens is 525 g/mol. The number of carbonyl (C=O) groups excluding carboxylic acids is 1. The molecule has 12 heteroatoms. The normalized spacial score (nSPS) is 19.4. The predicted molar refractivity (Wildman–Crippen MR) is 149 cm³/mol. The average molecular weight is 558 g/mol. The van der Waals surface area contributed by atoms with Crippen molar-refractivity contribution in [3.63, 3.8) is 0 Å². The Bertz CT molecular complexity index is 1580. The number of halogens is 1. The Labute approximate surface area is 237 Å². The Hall–Kier alpha value is -4.63. The van der Waals surface area contributed by atoms with E-state index < -0.39 is 11.4 Å². The molecule has 1 aliphatic carbocycles. The Morgan fingerprint density at radius 2 is 2.05 bits per heavy atom. The monoisotopic (exact) mass is 557 g/mol. The smallest absolute Gasteiger partial charge is 0.252 e. The molecule has 41 heavy (non-hydrogen) atoms. The number of hydrogen-bond acceptors (Lipinski definition) is 8. The third-order valence-corrected chi connectivity index (χ3v) is 7.70. The Morgan fingerprint density at radius 1 is 1.27 bits per heavy atom. The second-order valence-electron chi connectivity index (χ2n) is 10.5. The summed E-state index contributed by atoms with van der Waals surface area (Å²) < 4.78 is 20.5. The minimum atomic E-state index is -0.990. The maximum Gasteiger partial charge on any atom is 0.252 e. The lowest BCUT2D eigenvalue weighted by atomic mass is 9.76. The molecule has 4 aromatic rings. The van der Waals surface area contributed by atoms with Crippen molar-refractivity contribution in [2.24, 2.45) is 0 Å². The van der Waals surface area contributed by atoms with E-state index in [4.69, 9.17) is 9.72 Å². The number of aromatic nitrogens is 6. The van der Waals surface area contributed by atoms with E-state index in [0.29, 0.717) is 48.7 Å². The molecular formula is C29H32FN9O2. The molecule has 0 bridgehead atoms. The van der Waals surface area contributed by atoms with Crippen LogP contribution in [0.2, 0.25) is 0 Å². The molecule has 4 aromatic heterocycles. The van der Waals surface area contributed by atoms with Gasteiger partial charge in [0.05, 0.1) is 29.7 Å². The summed E-state index contributed by atoms with van der Waals surface area (Å²) in [5.41, 5.74) is 2.83. The zero-order valence-electron chi connectivity index (χ0n) is 23.4. The van der Waals surface area contributed by atoms with Gasteiger partial charge in [0, 0.05) is 31.0 Å². The van der Waals surface area contributed by atoms with Crippen molar-refractivity contribution < 1.29 is 13.9 Å². The summed E-state index contributed by atoms with van der Waals surface area (Å²) in [4.78, 5) is 22.7. The minimum absolute atomic E-state index is 0.00379. The third-order valence-electron chi connectivity index (χ3n) is 7.70. The zero-order chi connectivity index (χ0) is 29.1. The summed E-state index contributed by atoms with van der Waals surface area (Å²) in [5, 5.41) is 27.2. The number of aromatic amines is 1. The van der Waals surface area contributed by atoms with Gasteiger partial charge < -0.3 is 15.4 Å². The number of pyridine rings is 2. The van der Waals surface area contributed by atoms with E-state index in [0.717, 1.165) is 28.7 Å². The van der Waals surface area contributed by atoms with Crippen molar-refractivity contribution in [2.75, 3.05) is 12.4 Å². The fourth-order valence-corrected chi connectivity index (χ4v) is 5.27. The first kappa shape index (κ1) is 27.9. The Kier molecular flexibility index (Phi) is 7.81. The Morgan fingerprint density at radius 3 is 2.63 bits per heavy atom. The number of rotatable bonds is 8. The van der Waals surface area contributed by atoms with Gasteiger partial charge in [0.2, 0.25) is 0 Å². The quantitative estimate of drug-likeness (QED) is 0.283. The topological polar surface area (TPSA) is 146 Å². The number of H-pyrrole nitrogens is 1. The molecule has 0 saturated heterocycles. The van der Waals surface area contributed by atoms with Crippen LogP contribution in [0.15, 0.2) is 42.9 Å². The van der Waals surface area contributed by atoms with Crippen LogP contribution in [0.1, 0.15) is 72.6 Å². The first-order valence-electron chi connectivity index (χ1n) is 13.4. The molecule has 1 amide bonds. The van der Waals surface area contributed by atoms with E-state index in [2.05, 4.69) is 37.0 Å². The Balaban J connectivity index is 1.26. The molecule has 0 radical (unpaired) electrons. The molecule has 1 atom stereocenters. The van der Waals surface area contributed by atoms with Crippen molar-refractivity contribution >= 4 is 17.5 Å². The van der Waals surface area contributed by atoms with Gasteiger partial charge >= 0.3 is 0 Å². The summed E-state index contributed by atoms with van der Waals surface area (Å²) in [6.45, 7) is 5.70. The number of hydrogen-bond donors (Lipinski definition) is 3. The van der Waals surface area contributed by atoms with Crippen LogP contribution in [-0.2, 0) is 9.53 Å². The van der Waals surface area contributed by atoms with Gasteiger partial charge in [-0.1, -0.05) is 6.07 Å². The van der Waals surface area contributed by atoms with E-state index in [1.807, 2.05) is 39.0 Å². The van der Waals surface area contributed by atoms with E-state index in [-0.39, 0.29) is 17.9 Å². The van der Waals surface area contributed by atoms with Gasteiger partial charge in [-0.15, -0.1) is 0 Å². The number of nitrogens with one attached hydrogen (secondary N) is 3. The minimum Gasteiger partial charge on any atom is -0.368 e. The van der Waals surface area contributed by atoms with Crippen LogP contribution in [-0.4, -0.2) is 48.6 Å². The second kappa shape index (κ2) is 11.5. The van der Waals surface area contributed by atoms with Crippen molar-refractivity contribution in [3.05, 3.63) is 76.8 Å². The summed E-state index contributed by atoms with van der Waals surface area (Å²) in [6, 6.07) is 9.25. The highest BCUT2D eigenvalue weighted by molar-refractivity contribution is 5.85. The summed E-state index contributed by atoms with van der Waals surface area (Å²) in [5.74, 6) is 1.14. The van der Waals surface area contributed by atoms with Crippen molar-refractivity contribution in [1.82, 2.24) is 35.3 Å². The van der Waals surface area contributed by atoms with Crippen LogP contribution in [0.4, 0.5) is 16.0 Å². The lowest BCUT2D eigenvalue weighted by Gasteiger charge is -2.38. The number of ether oxygens (including phenoxy) is 1. The molecule has 5 rings (SSSR count). The second-order valence-corrected chi connectivity index (χ2v) is 10.5. The van der Waals surface area contributed by atoms with Crippen LogP contribution in [0.3, 0.4) is 0 Å². The highest BCUT2D eigenvalue weighted by Gasteiger charge is 2.43. The van der Waals surface area contributed by atoms with Crippen LogP contribution in [0.5, 0.6) is 0 Å². The standard InChI is InChI=1S/C29H32FN9O2/c1-17-11-22(13-31)26(36-27(17)35-24-12-18(2)37-38-24)20-7-9-29(41-4,10-8-20)28(40)34-19(3)21-5-6-25(32-14-21)39-16-23(30)15-33-39/h5-6,11-12,14-16,19-20H,7-10H2,1-4H3,(H,34,40)(H2,35,36,37,38)/t19-,20-,29+/m0/s1. The number of anilines is 2. The molecule has 11 nitrogen and oxygen atoms in total. The number of carbonyl (C=O) groups is 1. The van der Waals surface area contributed by atoms with Gasteiger partial charge in [-0.05, 0) is 69.7 Å². The van der Waals surface area contributed by atoms with Crippen molar-refractivity contribution in [1.29, 1.82) is 5.26 Å². The molecule has 0 unspecified atom stereocenters. The van der Waals surface area contributed by atoms with Gasteiger partial charge in [-0.25, -0.2) is 19.0 Å². The van der Waals surface area contributed by atoms with E-state index in [1.165, 1.54) is 10.9 Å². The van der Waals surface area contributed by atoms with Crippen LogP contribution in [0, 0.1) is 31.0 Å². The lowest BCUT2D eigenvalue weighted by molar-refractivity contribution is -0.148. The highest BCUT2D eigenvalue weighted by atomic mass is 19.1. The van der Waals surface area contributed by atoms with E-state index >= 15 is 0 Å². The number of nitriles is 1. The van der Waals surface area contributed by atoms with Gasteiger partial charge in [0.15, 0.2) is 17.5 Å². The van der Waals surface area contributed by atoms with Crippen molar-refractivity contribution in [2.45, 2.75) is 64.0 Å². The molecule has 3 N–H and O–H groups in total. The molecule has 212 valence electrons. The maximum atomic E-state index is 13.5. The molecule has 0 spiro atoms. The van der Waals surface area contributed by atoms with Gasteiger partial charge in [-0.2, -0.15) is 15.5 Å². The van der Waals surface area contributed by atoms with E-state index in [1.54, 1.807) is 19.4 Å². The predicted octanol–water partition coefficient (Wildman–Crippen LogP) is 4.68. The summed E-state index contributed by atoms with van der Waals surface area (Å²) in [7, 11) is 1.56. The largest absolute Gasteiger partial charge is 0.368 e. The van der Waals surface area contributed by atoms with Gasteiger partial charge in [0.1, 0.15) is 17.5 Å². The zero-order valence-corrected chi connectivity index (χ0v) is 23.4. The van der Waals surface area contributed by atoms with Crippen LogP contribution < -0.4 is 10.6 Å². The number of amides is 1. The first-order valence-corrected chi connectivity index (χ1v) is 13.4. The molecule has 1 fully saturated rings. The molecule has 4 heterocycles. The molecule has 0 aliphatic heterocycles. The van der Waals surface area contributed by atoms with Gasteiger partial charge in [-0.3, -0.25) is 9.89 Å². The number of methoxy groups -OCH3 is 1. The lowest BCUT2D eigenvalue weighted by Crippen LogP contribution is -2.50. The summed E-state index contributed by atoms with van der Waals surface area (Å²) in [6.07, 6.45) is 6.24. The third kappa shape index (κ3) is 5.81.